The first kappa shape index (κ1) is 16.0. The molecule has 3 nitrogen and oxygen atoms in total. The topological polar surface area (TPSA) is 41.5 Å². The van der Waals surface area contributed by atoms with E-state index in [1.165, 1.54) is 5.56 Å². The van der Waals surface area contributed by atoms with Crippen molar-refractivity contribution in [3.63, 3.8) is 0 Å². The standard InChI is InChI=1S/C16H27NO2/c1-5-13(11-18)10-17-12-16(2,3)14-7-6-8-15(9-14)19-4/h6-9,13,17-18H,5,10-12H2,1-4H3. The highest BCUT2D eigenvalue weighted by atomic mass is 16.5. The molecule has 1 aromatic rings. The number of hydrogen-bond donors (Lipinski definition) is 2. The summed E-state index contributed by atoms with van der Waals surface area (Å²) in [5.74, 6) is 1.24. The summed E-state index contributed by atoms with van der Waals surface area (Å²) in [6.07, 6.45) is 1.00. The highest BCUT2D eigenvalue weighted by Crippen LogP contribution is 2.25. The lowest BCUT2D eigenvalue weighted by Crippen LogP contribution is -2.36. The Morgan fingerprint density at radius 3 is 2.68 bits per heavy atom. The highest BCUT2D eigenvalue weighted by Gasteiger charge is 2.21. The molecule has 0 saturated carbocycles. The molecule has 1 atom stereocenters. The van der Waals surface area contributed by atoms with E-state index in [1.807, 2.05) is 12.1 Å². The number of aliphatic hydroxyl groups excluding tert-OH is 1. The fourth-order valence-electron chi connectivity index (χ4n) is 2.07. The van der Waals surface area contributed by atoms with E-state index in [2.05, 4.69) is 38.2 Å². The molecule has 108 valence electrons. The normalized spacial score (nSPS) is 13.3. The smallest absolute Gasteiger partial charge is 0.119 e. The summed E-state index contributed by atoms with van der Waals surface area (Å²) in [6, 6.07) is 8.21. The zero-order valence-corrected chi connectivity index (χ0v) is 12.6. The molecule has 0 aromatic heterocycles. The summed E-state index contributed by atoms with van der Waals surface area (Å²) < 4.78 is 5.27. The Bertz CT molecular complexity index is 373. The summed E-state index contributed by atoms with van der Waals surface area (Å²) in [6.45, 7) is 8.54. The molecule has 2 N–H and O–H groups in total. The van der Waals surface area contributed by atoms with E-state index in [-0.39, 0.29) is 12.0 Å². The SMILES string of the molecule is CCC(CO)CNCC(C)(C)c1cccc(OC)c1. The molecule has 0 aliphatic rings. The third-order valence-electron chi connectivity index (χ3n) is 3.69. The van der Waals surface area contributed by atoms with Crippen LogP contribution in [0.1, 0.15) is 32.8 Å². The van der Waals surface area contributed by atoms with Gasteiger partial charge in [-0.2, -0.15) is 0 Å². The van der Waals surface area contributed by atoms with E-state index in [0.717, 1.165) is 25.3 Å². The molecule has 0 spiro atoms. The molecule has 0 amide bonds. The van der Waals surface area contributed by atoms with Crippen molar-refractivity contribution in [3.8, 4) is 5.75 Å². The maximum Gasteiger partial charge on any atom is 0.119 e. The minimum atomic E-state index is 0.0439. The third kappa shape index (κ3) is 4.84. The van der Waals surface area contributed by atoms with Gasteiger partial charge >= 0.3 is 0 Å². The summed E-state index contributed by atoms with van der Waals surface area (Å²) in [4.78, 5) is 0. The minimum Gasteiger partial charge on any atom is -0.497 e. The molecule has 0 heterocycles. The lowest BCUT2D eigenvalue weighted by atomic mass is 9.84. The lowest BCUT2D eigenvalue weighted by molar-refractivity contribution is 0.216. The molecular formula is C16H27NO2. The van der Waals surface area contributed by atoms with Crippen molar-refractivity contribution >= 4 is 0 Å². The van der Waals surface area contributed by atoms with Crippen LogP contribution >= 0.6 is 0 Å². The Morgan fingerprint density at radius 2 is 2.11 bits per heavy atom. The van der Waals surface area contributed by atoms with Crippen LogP contribution in [-0.2, 0) is 5.41 Å². The summed E-state index contributed by atoms with van der Waals surface area (Å²) in [5, 5.41) is 12.6. The number of rotatable bonds is 8. The number of aliphatic hydroxyl groups is 1. The van der Waals surface area contributed by atoms with Crippen LogP contribution in [0.15, 0.2) is 24.3 Å². The molecule has 0 bridgehead atoms. The van der Waals surface area contributed by atoms with Gasteiger partial charge in [0.15, 0.2) is 0 Å². The van der Waals surface area contributed by atoms with Crippen LogP contribution in [0.25, 0.3) is 0 Å². The second-order valence-electron chi connectivity index (χ2n) is 5.70. The van der Waals surface area contributed by atoms with E-state index in [1.54, 1.807) is 7.11 Å². The Kier molecular flexibility index (Phi) is 6.32. The number of nitrogens with one attached hydrogen (secondary N) is 1. The Balaban J connectivity index is 2.59. The van der Waals surface area contributed by atoms with Crippen LogP contribution in [-0.4, -0.2) is 31.9 Å². The second kappa shape index (κ2) is 7.51. The van der Waals surface area contributed by atoms with Crippen molar-refractivity contribution in [2.24, 2.45) is 5.92 Å². The average Bonchev–Trinajstić information content (AvgIpc) is 2.43. The van der Waals surface area contributed by atoms with Crippen molar-refractivity contribution in [2.45, 2.75) is 32.6 Å². The van der Waals surface area contributed by atoms with Crippen molar-refractivity contribution in [3.05, 3.63) is 29.8 Å². The van der Waals surface area contributed by atoms with Gasteiger partial charge in [-0.15, -0.1) is 0 Å². The van der Waals surface area contributed by atoms with Crippen LogP contribution in [0.4, 0.5) is 0 Å². The first-order chi connectivity index (χ1) is 9.03. The largest absolute Gasteiger partial charge is 0.497 e. The van der Waals surface area contributed by atoms with Gasteiger partial charge in [0.05, 0.1) is 7.11 Å². The molecule has 19 heavy (non-hydrogen) atoms. The van der Waals surface area contributed by atoms with Crippen LogP contribution in [0, 0.1) is 5.92 Å². The quantitative estimate of drug-likeness (QED) is 0.759. The van der Waals surface area contributed by atoms with Crippen LogP contribution in [0.5, 0.6) is 5.75 Å². The van der Waals surface area contributed by atoms with Gasteiger partial charge in [0.1, 0.15) is 5.75 Å². The van der Waals surface area contributed by atoms with Crippen molar-refractivity contribution < 1.29 is 9.84 Å². The second-order valence-corrected chi connectivity index (χ2v) is 5.70. The van der Waals surface area contributed by atoms with E-state index in [4.69, 9.17) is 4.74 Å². The van der Waals surface area contributed by atoms with E-state index < -0.39 is 0 Å². The highest BCUT2D eigenvalue weighted by molar-refractivity contribution is 5.33. The molecule has 3 heteroatoms. The monoisotopic (exact) mass is 265 g/mol. The van der Waals surface area contributed by atoms with Crippen LogP contribution < -0.4 is 10.1 Å². The summed E-state index contributed by atoms with van der Waals surface area (Å²) >= 11 is 0. The van der Waals surface area contributed by atoms with Crippen molar-refractivity contribution in [1.29, 1.82) is 0 Å². The van der Waals surface area contributed by atoms with Crippen molar-refractivity contribution in [2.75, 3.05) is 26.8 Å². The Morgan fingerprint density at radius 1 is 1.37 bits per heavy atom. The zero-order valence-electron chi connectivity index (χ0n) is 12.6. The fraction of sp³-hybridized carbons (Fsp3) is 0.625. The number of methoxy groups -OCH3 is 1. The molecule has 1 rings (SSSR count). The van der Waals surface area contributed by atoms with Gasteiger partial charge in [-0.25, -0.2) is 0 Å². The molecule has 0 radical (unpaired) electrons. The lowest BCUT2D eigenvalue weighted by Gasteiger charge is -2.27. The number of ether oxygens (including phenoxy) is 1. The van der Waals surface area contributed by atoms with Gasteiger partial charge in [0.25, 0.3) is 0 Å². The van der Waals surface area contributed by atoms with Crippen LogP contribution in [0.2, 0.25) is 0 Å². The van der Waals surface area contributed by atoms with Gasteiger partial charge in [-0.1, -0.05) is 32.9 Å². The molecule has 0 saturated heterocycles. The molecular weight excluding hydrogens is 238 g/mol. The van der Waals surface area contributed by atoms with Gasteiger partial charge < -0.3 is 15.2 Å². The predicted molar refractivity (Wildman–Crippen MR) is 79.8 cm³/mol. The fourth-order valence-corrected chi connectivity index (χ4v) is 2.07. The summed E-state index contributed by atoms with van der Waals surface area (Å²) in [7, 11) is 1.69. The third-order valence-corrected chi connectivity index (χ3v) is 3.69. The summed E-state index contributed by atoms with van der Waals surface area (Å²) in [5.41, 5.74) is 1.30. The van der Waals surface area contributed by atoms with E-state index in [0.29, 0.717) is 5.92 Å². The van der Waals surface area contributed by atoms with Crippen LogP contribution in [0.3, 0.4) is 0 Å². The first-order valence-electron chi connectivity index (χ1n) is 6.99. The number of hydrogen-bond acceptors (Lipinski definition) is 3. The van der Waals surface area contributed by atoms with Gasteiger partial charge in [0.2, 0.25) is 0 Å². The van der Waals surface area contributed by atoms with Crippen molar-refractivity contribution in [1.82, 2.24) is 5.32 Å². The molecule has 0 fully saturated rings. The van der Waals surface area contributed by atoms with E-state index in [9.17, 15) is 5.11 Å². The number of benzene rings is 1. The Labute approximate surface area is 117 Å². The molecule has 1 unspecified atom stereocenters. The van der Waals surface area contributed by atoms with Gasteiger partial charge in [-0.3, -0.25) is 0 Å². The maximum atomic E-state index is 9.18. The zero-order chi connectivity index (χ0) is 14.3. The molecule has 0 aliphatic carbocycles. The van der Waals surface area contributed by atoms with E-state index >= 15 is 0 Å². The van der Waals surface area contributed by atoms with Gasteiger partial charge in [-0.05, 0) is 30.0 Å². The Hall–Kier alpha value is -1.06. The first-order valence-corrected chi connectivity index (χ1v) is 6.99. The minimum absolute atomic E-state index is 0.0439. The molecule has 1 aromatic carbocycles. The van der Waals surface area contributed by atoms with Gasteiger partial charge in [0, 0.05) is 25.1 Å². The maximum absolute atomic E-state index is 9.18. The predicted octanol–water partition coefficient (Wildman–Crippen LogP) is 2.58. The average molecular weight is 265 g/mol. The molecule has 0 aliphatic heterocycles.